The lowest BCUT2D eigenvalue weighted by molar-refractivity contribution is 0.159. The monoisotopic (exact) mass is 290 g/mol. The largest absolute Gasteiger partial charge is 0.381 e. The zero-order valence-electron chi connectivity index (χ0n) is 12.9. The van der Waals surface area contributed by atoms with E-state index in [9.17, 15) is 0 Å². The predicted molar refractivity (Wildman–Crippen MR) is 80.9 cm³/mol. The molecule has 0 radical (unpaired) electrons. The molecule has 3 aliphatic rings. The smallest absolute Gasteiger partial charge is 0.0534 e. The van der Waals surface area contributed by atoms with Crippen LogP contribution in [0.2, 0.25) is 0 Å². The fourth-order valence-electron chi connectivity index (χ4n) is 4.43. The van der Waals surface area contributed by atoms with Crippen molar-refractivity contribution < 1.29 is 4.74 Å². The first-order valence-electron chi connectivity index (χ1n) is 8.33. The lowest BCUT2D eigenvalue weighted by Crippen LogP contribution is -2.38. The van der Waals surface area contributed by atoms with Gasteiger partial charge in [0.2, 0.25) is 0 Å². The molecule has 4 rings (SSSR count). The van der Waals surface area contributed by atoms with E-state index in [1.54, 1.807) is 0 Å². The summed E-state index contributed by atoms with van der Waals surface area (Å²) in [5, 5.41) is 4.29. The maximum Gasteiger partial charge on any atom is 0.0534 e. The van der Waals surface area contributed by atoms with Crippen LogP contribution >= 0.6 is 0 Å². The number of fused-ring (bicyclic) bond motifs is 1. The minimum atomic E-state index is 0.757. The molecular weight excluding hydrogens is 264 g/mol. The molecule has 1 unspecified atom stereocenters. The maximum atomic E-state index is 5.53. The summed E-state index contributed by atoms with van der Waals surface area (Å²) in [5.41, 5.74) is 1.35. The van der Waals surface area contributed by atoms with Gasteiger partial charge in [-0.3, -0.25) is 14.5 Å². The highest BCUT2D eigenvalue weighted by Gasteiger charge is 2.42. The van der Waals surface area contributed by atoms with E-state index in [0.29, 0.717) is 0 Å². The molecule has 0 N–H and O–H groups in total. The second kappa shape index (κ2) is 5.71. The van der Waals surface area contributed by atoms with E-state index in [4.69, 9.17) is 4.74 Å². The fourth-order valence-corrected chi connectivity index (χ4v) is 4.43. The molecule has 3 saturated heterocycles. The molecule has 1 aromatic heterocycles. The SMILES string of the molecule is Cn1cc(CN2CC[C@@H]3[C@H]2CCN3CC2CCOC2)cn1. The van der Waals surface area contributed by atoms with Gasteiger partial charge in [0.05, 0.1) is 12.8 Å². The van der Waals surface area contributed by atoms with Crippen LogP contribution in [-0.2, 0) is 18.3 Å². The van der Waals surface area contributed by atoms with Crippen LogP contribution in [0, 0.1) is 5.92 Å². The van der Waals surface area contributed by atoms with E-state index < -0.39 is 0 Å². The minimum absolute atomic E-state index is 0.757. The van der Waals surface area contributed by atoms with Gasteiger partial charge in [0, 0.05) is 63.7 Å². The van der Waals surface area contributed by atoms with Gasteiger partial charge >= 0.3 is 0 Å². The number of aromatic nitrogens is 2. The number of rotatable bonds is 4. The molecule has 0 amide bonds. The Balaban J connectivity index is 1.36. The molecule has 0 aromatic carbocycles. The average molecular weight is 290 g/mol. The van der Waals surface area contributed by atoms with Crippen molar-refractivity contribution in [3.63, 3.8) is 0 Å². The van der Waals surface area contributed by atoms with Gasteiger partial charge in [-0.25, -0.2) is 0 Å². The number of nitrogens with zero attached hydrogens (tertiary/aromatic N) is 4. The summed E-state index contributed by atoms with van der Waals surface area (Å²) in [6.07, 6.45) is 8.08. The summed E-state index contributed by atoms with van der Waals surface area (Å²) in [7, 11) is 2.00. The Morgan fingerprint density at radius 1 is 1.19 bits per heavy atom. The molecule has 3 atom stereocenters. The lowest BCUT2D eigenvalue weighted by Gasteiger charge is -2.27. The van der Waals surface area contributed by atoms with Crippen LogP contribution in [0.3, 0.4) is 0 Å². The van der Waals surface area contributed by atoms with Crippen molar-refractivity contribution in [3.05, 3.63) is 18.0 Å². The van der Waals surface area contributed by atoms with Gasteiger partial charge in [0.25, 0.3) is 0 Å². The highest BCUT2D eigenvalue weighted by molar-refractivity contribution is 5.07. The lowest BCUT2D eigenvalue weighted by atomic mass is 10.1. The Morgan fingerprint density at radius 2 is 2.00 bits per heavy atom. The third-order valence-corrected chi connectivity index (χ3v) is 5.47. The zero-order valence-corrected chi connectivity index (χ0v) is 12.9. The molecule has 4 heterocycles. The van der Waals surface area contributed by atoms with Gasteiger partial charge in [0.15, 0.2) is 0 Å². The first kappa shape index (κ1) is 13.7. The van der Waals surface area contributed by atoms with E-state index in [1.807, 2.05) is 17.9 Å². The number of likely N-dealkylation sites (tertiary alicyclic amines) is 2. The average Bonchev–Trinajstić information content (AvgIpc) is 3.20. The van der Waals surface area contributed by atoms with Crippen LogP contribution in [0.4, 0.5) is 0 Å². The van der Waals surface area contributed by atoms with E-state index in [2.05, 4.69) is 21.1 Å². The summed E-state index contributed by atoms with van der Waals surface area (Å²) in [6.45, 7) is 6.78. The molecule has 3 aliphatic heterocycles. The normalized spacial score (nSPS) is 33.9. The molecule has 0 saturated carbocycles. The Morgan fingerprint density at radius 3 is 2.71 bits per heavy atom. The van der Waals surface area contributed by atoms with Crippen LogP contribution in [0.25, 0.3) is 0 Å². The van der Waals surface area contributed by atoms with E-state index in [-0.39, 0.29) is 0 Å². The molecule has 0 spiro atoms. The van der Waals surface area contributed by atoms with Crippen molar-refractivity contribution in [2.75, 3.05) is 32.8 Å². The van der Waals surface area contributed by atoms with Gasteiger partial charge in [-0.2, -0.15) is 5.10 Å². The van der Waals surface area contributed by atoms with E-state index in [0.717, 1.165) is 37.8 Å². The Hall–Kier alpha value is -0.910. The van der Waals surface area contributed by atoms with Gasteiger partial charge in [0.1, 0.15) is 0 Å². The van der Waals surface area contributed by atoms with Crippen molar-refractivity contribution in [2.45, 2.75) is 37.9 Å². The number of aryl methyl sites for hydroxylation is 1. The fraction of sp³-hybridized carbons (Fsp3) is 0.812. The first-order valence-corrected chi connectivity index (χ1v) is 8.33. The molecule has 5 nitrogen and oxygen atoms in total. The number of hydrogen-bond acceptors (Lipinski definition) is 4. The third kappa shape index (κ3) is 2.74. The van der Waals surface area contributed by atoms with Gasteiger partial charge in [-0.15, -0.1) is 0 Å². The molecule has 116 valence electrons. The molecule has 1 aromatic rings. The van der Waals surface area contributed by atoms with Crippen LogP contribution in [-0.4, -0.2) is 64.5 Å². The molecular formula is C16H26N4O. The van der Waals surface area contributed by atoms with Crippen LogP contribution < -0.4 is 0 Å². The molecule has 0 aliphatic carbocycles. The molecule has 0 bridgehead atoms. The Bertz CT molecular complexity index is 482. The number of ether oxygens (including phenoxy) is 1. The van der Waals surface area contributed by atoms with Crippen molar-refractivity contribution in [3.8, 4) is 0 Å². The minimum Gasteiger partial charge on any atom is -0.381 e. The van der Waals surface area contributed by atoms with Crippen molar-refractivity contribution in [1.29, 1.82) is 0 Å². The highest BCUT2D eigenvalue weighted by Crippen LogP contribution is 2.33. The summed E-state index contributed by atoms with van der Waals surface area (Å²) >= 11 is 0. The van der Waals surface area contributed by atoms with Crippen LogP contribution in [0.15, 0.2) is 12.4 Å². The topological polar surface area (TPSA) is 33.5 Å². The summed E-state index contributed by atoms with van der Waals surface area (Å²) in [5.74, 6) is 0.774. The molecule has 3 fully saturated rings. The van der Waals surface area contributed by atoms with Crippen molar-refractivity contribution >= 4 is 0 Å². The quantitative estimate of drug-likeness (QED) is 0.832. The molecule has 5 heteroatoms. The van der Waals surface area contributed by atoms with Gasteiger partial charge < -0.3 is 4.74 Å². The molecule has 21 heavy (non-hydrogen) atoms. The maximum absolute atomic E-state index is 5.53. The van der Waals surface area contributed by atoms with Crippen molar-refractivity contribution in [2.24, 2.45) is 13.0 Å². The predicted octanol–water partition coefficient (Wildman–Crippen LogP) is 1.11. The second-order valence-electron chi connectivity index (χ2n) is 6.93. The number of hydrogen-bond donors (Lipinski definition) is 0. The first-order chi connectivity index (χ1) is 10.3. The summed E-state index contributed by atoms with van der Waals surface area (Å²) in [6, 6.07) is 1.54. The van der Waals surface area contributed by atoms with Gasteiger partial charge in [-0.1, -0.05) is 0 Å². The Kier molecular flexibility index (Phi) is 3.73. The second-order valence-corrected chi connectivity index (χ2v) is 6.93. The highest BCUT2D eigenvalue weighted by atomic mass is 16.5. The van der Waals surface area contributed by atoms with E-state index in [1.165, 1.54) is 44.5 Å². The van der Waals surface area contributed by atoms with Crippen molar-refractivity contribution in [1.82, 2.24) is 19.6 Å². The summed E-state index contributed by atoms with van der Waals surface area (Å²) in [4.78, 5) is 5.42. The van der Waals surface area contributed by atoms with Crippen LogP contribution in [0.5, 0.6) is 0 Å². The van der Waals surface area contributed by atoms with Crippen LogP contribution in [0.1, 0.15) is 24.8 Å². The zero-order chi connectivity index (χ0) is 14.2. The third-order valence-electron chi connectivity index (χ3n) is 5.47. The van der Waals surface area contributed by atoms with E-state index >= 15 is 0 Å². The summed E-state index contributed by atoms with van der Waals surface area (Å²) < 4.78 is 7.44. The van der Waals surface area contributed by atoms with Gasteiger partial charge in [-0.05, 0) is 25.2 Å². The standard InChI is InChI=1S/C16H26N4O/c1-18-9-14(8-17-18)11-20-6-3-15-16(20)2-5-19(15)10-13-4-7-21-12-13/h8-9,13,15-16H,2-7,10-12H2,1H3/t13?,15-,16-/m1/s1. The Labute approximate surface area is 126 Å².